The highest BCUT2D eigenvalue weighted by molar-refractivity contribution is 5.95. The van der Waals surface area contributed by atoms with Crippen LogP contribution in [0.25, 0.3) is 11.5 Å². The largest absolute Gasteiger partial charge is 0.445 e. The number of halogens is 1. The second-order valence-corrected chi connectivity index (χ2v) is 5.83. The average molecular weight is 352 g/mol. The zero-order valence-electron chi connectivity index (χ0n) is 13.5. The molecule has 2 heterocycles. The molecule has 1 fully saturated rings. The first-order valence-electron chi connectivity index (χ1n) is 7.80. The van der Waals surface area contributed by atoms with Gasteiger partial charge in [0.05, 0.1) is 12.2 Å². The lowest BCUT2D eigenvalue weighted by atomic mass is 9.92. The number of anilines is 1. The third-order valence-corrected chi connectivity index (χ3v) is 4.24. The molecule has 0 bridgehead atoms. The zero-order valence-corrected chi connectivity index (χ0v) is 14.3. The summed E-state index contributed by atoms with van der Waals surface area (Å²) in [6, 6.07) is 5.12. The van der Waals surface area contributed by atoms with E-state index < -0.39 is 6.04 Å². The standard InChI is InChI=1S/C17H21N3O3.ClH/c1-11-2-3-13(10-14(11)17-19-6-9-23-17)20-16(21)15(18)12-4-7-22-8-5-12;/h2-3,6,9-10,12,15H,4-5,7-8,18H2,1H3,(H,20,21);1H. The number of nitrogens with one attached hydrogen (secondary N) is 1. The highest BCUT2D eigenvalue weighted by Gasteiger charge is 2.26. The number of aromatic nitrogens is 1. The fraction of sp³-hybridized carbons (Fsp3) is 0.412. The minimum atomic E-state index is -0.523. The lowest BCUT2D eigenvalue weighted by Crippen LogP contribution is -2.44. The number of rotatable bonds is 4. The molecule has 1 atom stereocenters. The SMILES string of the molecule is Cc1ccc(NC(=O)C(N)C2CCOCC2)cc1-c1ncco1.Cl. The first kappa shape index (κ1) is 18.4. The summed E-state index contributed by atoms with van der Waals surface area (Å²) in [7, 11) is 0. The molecular formula is C17H22ClN3O3. The van der Waals surface area contributed by atoms with E-state index in [1.54, 1.807) is 6.20 Å². The van der Waals surface area contributed by atoms with E-state index in [2.05, 4.69) is 10.3 Å². The molecule has 0 radical (unpaired) electrons. The van der Waals surface area contributed by atoms with Crippen LogP contribution in [0.2, 0.25) is 0 Å². The van der Waals surface area contributed by atoms with Gasteiger partial charge in [0.25, 0.3) is 0 Å². The molecule has 0 spiro atoms. The summed E-state index contributed by atoms with van der Waals surface area (Å²) in [5.41, 5.74) is 8.68. The molecule has 1 aromatic carbocycles. The number of ether oxygens (including phenoxy) is 1. The molecule has 0 aliphatic carbocycles. The van der Waals surface area contributed by atoms with Crippen molar-refractivity contribution in [2.75, 3.05) is 18.5 Å². The Labute approximate surface area is 147 Å². The van der Waals surface area contributed by atoms with Gasteiger partial charge in [0.15, 0.2) is 0 Å². The molecular weight excluding hydrogens is 330 g/mol. The Kier molecular flexibility index (Phi) is 6.36. The Morgan fingerprint density at radius 1 is 1.38 bits per heavy atom. The number of nitrogens with two attached hydrogens (primary N) is 1. The van der Waals surface area contributed by atoms with Gasteiger partial charge in [-0.3, -0.25) is 4.79 Å². The van der Waals surface area contributed by atoms with Crippen molar-refractivity contribution in [3.8, 4) is 11.5 Å². The van der Waals surface area contributed by atoms with Crippen molar-refractivity contribution in [1.82, 2.24) is 4.98 Å². The summed E-state index contributed by atoms with van der Waals surface area (Å²) < 4.78 is 10.7. The van der Waals surface area contributed by atoms with E-state index in [9.17, 15) is 4.79 Å². The van der Waals surface area contributed by atoms with Crippen LogP contribution in [-0.2, 0) is 9.53 Å². The number of carbonyl (C=O) groups excluding carboxylic acids is 1. The van der Waals surface area contributed by atoms with Gasteiger partial charge >= 0.3 is 0 Å². The molecule has 1 aliphatic heterocycles. The molecule has 0 saturated carbocycles. The Morgan fingerprint density at radius 3 is 2.79 bits per heavy atom. The Balaban J connectivity index is 0.00000208. The van der Waals surface area contributed by atoms with Crippen molar-refractivity contribution in [2.24, 2.45) is 11.7 Å². The number of carbonyl (C=O) groups is 1. The summed E-state index contributed by atoms with van der Waals surface area (Å²) in [6.07, 6.45) is 4.77. The summed E-state index contributed by atoms with van der Waals surface area (Å²) >= 11 is 0. The first-order valence-corrected chi connectivity index (χ1v) is 7.80. The van der Waals surface area contributed by atoms with Crippen LogP contribution in [0, 0.1) is 12.8 Å². The van der Waals surface area contributed by atoms with Gasteiger partial charge in [0, 0.05) is 24.5 Å². The lowest BCUT2D eigenvalue weighted by Gasteiger charge is -2.26. The Hall–Kier alpha value is -1.89. The van der Waals surface area contributed by atoms with Gasteiger partial charge in [0.2, 0.25) is 11.8 Å². The van der Waals surface area contributed by atoms with Crippen molar-refractivity contribution in [3.05, 3.63) is 36.2 Å². The molecule has 1 unspecified atom stereocenters. The van der Waals surface area contributed by atoms with Crippen LogP contribution >= 0.6 is 12.4 Å². The van der Waals surface area contributed by atoms with E-state index in [-0.39, 0.29) is 24.2 Å². The lowest BCUT2D eigenvalue weighted by molar-refractivity contribution is -0.119. The second-order valence-electron chi connectivity index (χ2n) is 5.83. The Morgan fingerprint density at radius 2 is 2.12 bits per heavy atom. The third kappa shape index (κ3) is 4.14. The third-order valence-electron chi connectivity index (χ3n) is 4.24. The molecule has 1 aromatic heterocycles. The van der Waals surface area contributed by atoms with E-state index in [0.29, 0.717) is 24.8 Å². The maximum atomic E-state index is 12.4. The quantitative estimate of drug-likeness (QED) is 0.883. The molecule has 7 heteroatoms. The molecule has 6 nitrogen and oxygen atoms in total. The van der Waals surface area contributed by atoms with Gasteiger partial charge in [-0.25, -0.2) is 4.98 Å². The molecule has 1 saturated heterocycles. The van der Waals surface area contributed by atoms with Crippen molar-refractivity contribution in [1.29, 1.82) is 0 Å². The maximum Gasteiger partial charge on any atom is 0.241 e. The molecule has 130 valence electrons. The number of aryl methyl sites for hydroxylation is 1. The van der Waals surface area contributed by atoms with Gasteiger partial charge < -0.3 is 20.2 Å². The van der Waals surface area contributed by atoms with E-state index in [1.165, 1.54) is 6.26 Å². The first-order chi connectivity index (χ1) is 11.1. The van der Waals surface area contributed by atoms with Gasteiger partial charge in [-0.05, 0) is 43.4 Å². The second kappa shape index (κ2) is 8.28. The summed E-state index contributed by atoms with van der Waals surface area (Å²) in [6.45, 7) is 3.31. The molecule has 3 rings (SSSR count). The van der Waals surface area contributed by atoms with E-state index in [0.717, 1.165) is 24.0 Å². The van der Waals surface area contributed by atoms with E-state index >= 15 is 0 Å². The minimum Gasteiger partial charge on any atom is -0.445 e. The topological polar surface area (TPSA) is 90.4 Å². The number of hydrogen-bond donors (Lipinski definition) is 2. The fourth-order valence-corrected chi connectivity index (χ4v) is 2.80. The van der Waals surface area contributed by atoms with Crippen LogP contribution in [0.5, 0.6) is 0 Å². The van der Waals surface area contributed by atoms with Crippen LogP contribution in [0.15, 0.2) is 35.1 Å². The predicted octanol–water partition coefficient (Wildman–Crippen LogP) is 2.76. The number of hydrogen-bond acceptors (Lipinski definition) is 5. The number of benzene rings is 1. The van der Waals surface area contributed by atoms with Crippen molar-refractivity contribution in [2.45, 2.75) is 25.8 Å². The normalized spacial score (nSPS) is 16.2. The van der Waals surface area contributed by atoms with Gasteiger partial charge in [-0.1, -0.05) is 6.07 Å². The maximum absolute atomic E-state index is 12.4. The van der Waals surface area contributed by atoms with Crippen molar-refractivity contribution < 1.29 is 13.9 Å². The van der Waals surface area contributed by atoms with Gasteiger partial charge in [-0.15, -0.1) is 12.4 Å². The molecule has 1 amide bonds. The average Bonchev–Trinajstić information content (AvgIpc) is 3.11. The van der Waals surface area contributed by atoms with E-state index in [4.69, 9.17) is 14.9 Å². The van der Waals surface area contributed by atoms with Crippen LogP contribution in [0.1, 0.15) is 18.4 Å². The monoisotopic (exact) mass is 351 g/mol. The minimum absolute atomic E-state index is 0. The Bertz CT molecular complexity index is 670. The fourth-order valence-electron chi connectivity index (χ4n) is 2.80. The summed E-state index contributed by atoms with van der Waals surface area (Å²) in [5.74, 6) is 0.534. The predicted molar refractivity (Wildman–Crippen MR) is 94.1 cm³/mol. The molecule has 24 heavy (non-hydrogen) atoms. The number of nitrogens with zero attached hydrogens (tertiary/aromatic N) is 1. The number of oxazole rings is 1. The van der Waals surface area contributed by atoms with Crippen LogP contribution < -0.4 is 11.1 Å². The highest BCUT2D eigenvalue weighted by atomic mass is 35.5. The van der Waals surface area contributed by atoms with Crippen molar-refractivity contribution >= 4 is 24.0 Å². The highest BCUT2D eigenvalue weighted by Crippen LogP contribution is 2.26. The van der Waals surface area contributed by atoms with Crippen LogP contribution in [-0.4, -0.2) is 30.1 Å². The van der Waals surface area contributed by atoms with Gasteiger partial charge in [0.1, 0.15) is 6.26 Å². The van der Waals surface area contributed by atoms with Gasteiger partial charge in [-0.2, -0.15) is 0 Å². The van der Waals surface area contributed by atoms with Crippen molar-refractivity contribution in [3.63, 3.8) is 0 Å². The zero-order chi connectivity index (χ0) is 16.2. The number of amides is 1. The van der Waals surface area contributed by atoms with Crippen LogP contribution in [0.3, 0.4) is 0 Å². The van der Waals surface area contributed by atoms with E-state index in [1.807, 2.05) is 25.1 Å². The van der Waals surface area contributed by atoms with Crippen LogP contribution in [0.4, 0.5) is 5.69 Å². The molecule has 2 aromatic rings. The summed E-state index contributed by atoms with van der Waals surface area (Å²) in [5, 5.41) is 2.89. The summed E-state index contributed by atoms with van der Waals surface area (Å²) in [4.78, 5) is 16.5. The smallest absolute Gasteiger partial charge is 0.241 e. The molecule has 1 aliphatic rings. The molecule has 3 N–H and O–H groups in total.